The number of carbonyl (C=O) groups is 2. The first-order chi connectivity index (χ1) is 16.4. The molecule has 0 radical (unpaired) electrons. The summed E-state index contributed by atoms with van der Waals surface area (Å²) in [6, 6.07) is 11.2. The van der Waals surface area contributed by atoms with Crippen LogP contribution < -0.4 is 16.0 Å². The van der Waals surface area contributed by atoms with E-state index in [4.69, 9.17) is 0 Å². The lowest BCUT2D eigenvalue weighted by Gasteiger charge is -2.19. The van der Waals surface area contributed by atoms with E-state index in [0.717, 1.165) is 29.8 Å². The summed E-state index contributed by atoms with van der Waals surface area (Å²) in [6.45, 7) is 1.61. The minimum Gasteiger partial charge on any atom is -0.480 e. The normalized spacial score (nSPS) is 18.4. The monoisotopic (exact) mass is 505 g/mol. The Morgan fingerprint density at radius 1 is 1.24 bits per heavy atom. The fourth-order valence-corrected chi connectivity index (χ4v) is 4.78. The molecule has 6 nitrogen and oxygen atoms in total. The Kier molecular flexibility index (Phi) is 10.1. The number of amides is 1. The molecule has 3 atom stereocenters. The zero-order chi connectivity index (χ0) is 24.5. The molecule has 1 amide bonds. The Bertz CT molecular complexity index is 974. The van der Waals surface area contributed by atoms with Crippen LogP contribution in [-0.4, -0.2) is 59.4 Å². The number of carboxylic acid groups (broad SMARTS) is 1. The van der Waals surface area contributed by atoms with Gasteiger partial charge in [0.25, 0.3) is 5.91 Å². The number of thiol groups is 1. The van der Waals surface area contributed by atoms with Crippen molar-refractivity contribution >= 4 is 42.0 Å². The number of aryl methyl sites for hydroxylation is 2. The van der Waals surface area contributed by atoms with Crippen LogP contribution in [-0.2, 0) is 17.6 Å². The summed E-state index contributed by atoms with van der Waals surface area (Å²) >= 11 is 6.15. The van der Waals surface area contributed by atoms with Gasteiger partial charge in [-0.3, -0.25) is 4.79 Å². The van der Waals surface area contributed by atoms with E-state index in [1.807, 2.05) is 18.4 Å². The first-order valence-electron chi connectivity index (χ1n) is 11.4. The average Bonchev–Trinajstić information content (AvgIpc) is 3.24. The number of anilines is 1. The molecular weight excluding hydrogens is 473 g/mol. The minimum absolute atomic E-state index is 0.238. The predicted octanol–water partition coefficient (Wildman–Crippen LogP) is 3.62. The summed E-state index contributed by atoms with van der Waals surface area (Å²) in [5.74, 6) is -1.10. The number of thioether (sulfide) groups is 1. The Hall–Kier alpha value is -2.23. The van der Waals surface area contributed by atoms with Gasteiger partial charge >= 0.3 is 5.97 Å². The van der Waals surface area contributed by atoms with Gasteiger partial charge in [0.1, 0.15) is 11.9 Å². The molecule has 0 saturated carbocycles. The van der Waals surface area contributed by atoms with Crippen LogP contribution in [0.15, 0.2) is 42.5 Å². The van der Waals surface area contributed by atoms with Gasteiger partial charge in [-0.1, -0.05) is 18.2 Å². The number of nitrogens with one attached hydrogen (secondary N) is 3. The van der Waals surface area contributed by atoms with Crippen molar-refractivity contribution in [3.05, 3.63) is 65.0 Å². The molecule has 2 aromatic carbocycles. The Morgan fingerprint density at radius 3 is 2.65 bits per heavy atom. The van der Waals surface area contributed by atoms with Gasteiger partial charge in [0.05, 0.1) is 0 Å². The highest BCUT2D eigenvalue weighted by atomic mass is 32.2. The number of hydrogen-bond acceptors (Lipinski definition) is 6. The van der Waals surface area contributed by atoms with Crippen molar-refractivity contribution in [3.8, 4) is 0 Å². The molecule has 1 aliphatic heterocycles. The molecule has 3 unspecified atom stereocenters. The van der Waals surface area contributed by atoms with Gasteiger partial charge in [-0.2, -0.15) is 24.4 Å². The van der Waals surface area contributed by atoms with E-state index in [-0.39, 0.29) is 17.1 Å². The topological polar surface area (TPSA) is 90.5 Å². The molecule has 9 heteroatoms. The molecule has 0 aliphatic carbocycles. The maximum atomic E-state index is 13.2. The van der Waals surface area contributed by atoms with Gasteiger partial charge in [0, 0.05) is 29.1 Å². The second-order valence-corrected chi connectivity index (χ2v) is 10.1. The number of aliphatic carboxylic acids is 1. The third-order valence-corrected chi connectivity index (χ3v) is 7.26. The maximum absolute atomic E-state index is 13.2. The summed E-state index contributed by atoms with van der Waals surface area (Å²) in [7, 11) is 0. The largest absolute Gasteiger partial charge is 0.480 e. The van der Waals surface area contributed by atoms with Crippen LogP contribution in [0.1, 0.15) is 34.3 Å². The molecule has 3 rings (SSSR count). The van der Waals surface area contributed by atoms with Crippen molar-refractivity contribution in [2.45, 2.75) is 43.0 Å². The molecule has 1 aliphatic rings. The van der Waals surface area contributed by atoms with E-state index in [1.165, 1.54) is 23.9 Å². The molecule has 34 heavy (non-hydrogen) atoms. The number of carboxylic acids is 1. The molecule has 1 saturated heterocycles. The molecule has 4 N–H and O–H groups in total. The van der Waals surface area contributed by atoms with E-state index in [1.54, 1.807) is 18.2 Å². The summed E-state index contributed by atoms with van der Waals surface area (Å²) < 4.78 is 13.2. The van der Waals surface area contributed by atoms with Gasteiger partial charge in [0.2, 0.25) is 0 Å². The fourth-order valence-electron chi connectivity index (χ4n) is 3.96. The lowest BCUT2D eigenvalue weighted by Crippen LogP contribution is -2.41. The molecule has 184 valence electrons. The third kappa shape index (κ3) is 7.65. The highest BCUT2D eigenvalue weighted by Gasteiger charge is 2.24. The Labute approximate surface area is 209 Å². The number of carbonyl (C=O) groups excluding carboxylic acids is 1. The molecule has 1 heterocycles. The Morgan fingerprint density at radius 2 is 2.00 bits per heavy atom. The zero-order valence-corrected chi connectivity index (χ0v) is 20.9. The van der Waals surface area contributed by atoms with Gasteiger partial charge in [0.15, 0.2) is 0 Å². The van der Waals surface area contributed by atoms with Crippen molar-refractivity contribution in [2.75, 3.05) is 30.4 Å². The van der Waals surface area contributed by atoms with E-state index >= 15 is 0 Å². The SMILES string of the molecule is CSCCC(NC(=O)c1cc(NCC2NCCC2S)ccc1CCc1ccc(F)cc1)C(=O)O. The van der Waals surface area contributed by atoms with Crippen molar-refractivity contribution < 1.29 is 19.1 Å². The molecular formula is C25H32FN3O3S2. The molecule has 1 fully saturated rings. The van der Waals surface area contributed by atoms with Crippen molar-refractivity contribution in [3.63, 3.8) is 0 Å². The van der Waals surface area contributed by atoms with Crippen LogP contribution in [0.25, 0.3) is 0 Å². The molecule has 0 bridgehead atoms. The van der Waals surface area contributed by atoms with Crippen LogP contribution >= 0.6 is 24.4 Å². The number of benzene rings is 2. The average molecular weight is 506 g/mol. The third-order valence-electron chi connectivity index (χ3n) is 6.00. The van der Waals surface area contributed by atoms with Crippen LogP contribution in [0.3, 0.4) is 0 Å². The standard InChI is InChI=1S/C25H32FN3O3S2/c1-34-13-11-21(25(31)32)29-24(30)20-14-19(28-15-22-23(33)10-12-27-22)9-6-17(20)5-2-16-3-7-18(26)8-4-16/h3-4,6-9,14,21-23,27-28,33H,2,5,10-13,15H2,1H3,(H,29,30)(H,31,32). The Balaban J connectivity index is 1.77. The van der Waals surface area contributed by atoms with E-state index in [9.17, 15) is 19.1 Å². The predicted molar refractivity (Wildman–Crippen MR) is 140 cm³/mol. The quantitative estimate of drug-likeness (QED) is 0.283. The van der Waals surface area contributed by atoms with Crippen LogP contribution in [0.2, 0.25) is 0 Å². The second-order valence-electron chi connectivity index (χ2n) is 8.44. The fraction of sp³-hybridized carbons (Fsp3) is 0.440. The summed E-state index contributed by atoms with van der Waals surface area (Å²) in [5, 5.41) is 19.3. The van der Waals surface area contributed by atoms with Crippen molar-refractivity contribution in [1.29, 1.82) is 0 Å². The molecule has 0 spiro atoms. The number of hydrogen-bond donors (Lipinski definition) is 5. The first kappa shape index (κ1) is 26.4. The summed E-state index contributed by atoms with van der Waals surface area (Å²) in [6.07, 6.45) is 4.47. The maximum Gasteiger partial charge on any atom is 0.326 e. The summed E-state index contributed by atoms with van der Waals surface area (Å²) in [4.78, 5) is 24.8. The molecule has 0 aromatic heterocycles. The number of halogens is 1. The zero-order valence-electron chi connectivity index (χ0n) is 19.2. The minimum atomic E-state index is -1.04. The smallest absolute Gasteiger partial charge is 0.326 e. The highest BCUT2D eigenvalue weighted by Crippen LogP contribution is 2.21. The van der Waals surface area contributed by atoms with Gasteiger partial charge < -0.3 is 21.1 Å². The summed E-state index contributed by atoms with van der Waals surface area (Å²) in [5.41, 5.74) is 3.02. The van der Waals surface area contributed by atoms with E-state index < -0.39 is 17.9 Å². The first-order valence-corrected chi connectivity index (χ1v) is 13.3. The van der Waals surface area contributed by atoms with Gasteiger partial charge in [-0.25, -0.2) is 9.18 Å². The second kappa shape index (κ2) is 13.0. The van der Waals surface area contributed by atoms with E-state index in [0.29, 0.717) is 37.1 Å². The highest BCUT2D eigenvalue weighted by molar-refractivity contribution is 7.98. The van der Waals surface area contributed by atoms with Crippen molar-refractivity contribution in [2.24, 2.45) is 0 Å². The van der Waals surface area contributed by atoms with E-state index in [2.05, 4.69) is 28.6 Å². The van der Waals surface area contributed by atoms with Gasteiger partial charge in [-0.05, 0) is 79.6 Å². The van der Waals surface area contributed by atoms with Crippen molar-refractivity contribution in [1.82, 2.24) is 10.6 Å². The van der Waals surface area contributed by atoms with Gasteiger partial charge in [-0.15, -0.1) is 0 Å². The number of rotatable bonds is 12. The molecule has 2 aromatic rings. The van der Waals surface area contributed by atoms with Crippen LogP contribution in [0.4, 0.5) is 10.1 Å². The van der Waals surface area contributed by atoms with Crippen LogP contribution in [0.5, 0.6) is 0 Å². The lowest BCUT2D eigenvalue weighted by molar-refractivity contribution is -0.139. The lowest BCUT2D eigenvalue weighted by atomic mass is 9.98. The van der Waals surface area contributed by atoms with Crippen LogP contribution in [0, 0.1) is 5.82 Å².